The van der Waals surface area contributed by atoms with Crippen molar-refractivity contribution in [2.45, 2.75) is 46.5 Å². The first-order valence-corrected chi connectivity index (χ1v) is 7.50. The number of esters is 1. The summed E-state index contributed by atoms with van der Waals surface area (Å²) in [5.41, 5.74) is 7.74. The van der Waals surface area contributed by atoms with Crippen molar-refractivity contribution in [1.29, 1.82) is 5.26 Å². The van der Waals surface area contributed by atoms with E-state index in [1.807, 2.05) is 6.07 Å². The van der Waals surface area contributed by atoms with Crippen LogP contribution < -0.4 is 5.73 Å². The van der Waals surface area contributed by atoms with Crippen LogP contribution in [0.5, 0.6) is 0 Å². The van der Waals surface area contributed by atoms with E-state index in [9.17, 15) is 4.79 Å². The minimum Gasteiger partial charge on any atom is -0.462 e. The molecule has 2 N–H and O–H groups in total. The number of benzene rings is 1. The lowest BCUT2D eigenvalue weighted by atomic mass is 10.0. The van der Waals surface area contributed by atoms with Crippen molar-refractivity contribution in [2.75, 3.05) is 12.3 Å². The third-order valence-corrected chi connectivity index (χ3v) is 3.73. The lowest BCUT2D eigenvalue weighted by Crippen LogP contribution is -2.15. The Morgan fingerprint density at radius 1 is 1.43 bits per heavy atom. The van der Waals surface area contributed by atoms with Crippen LogP contribution >= 0.6 is 0 Å². The SMILES string of the molecule is CCCCC(CC)COC(=O)c1cc(C#N)cc(C)c1N. The van der Waals surface area contributed by atoms with Gasteiger partial charge in [-0.2, -0.15) is 5.26 Å². The van der Waals surface area contributed by atoms with Crippen LogP contribution in [0.1, 0.15) is 61.0 Å². The summed E-state index contributed by atoms with van der Waals surface area (Å²) in [6.45, 7) is 6.44. The lowest BCUT2D eigenvalue weighted by Gasteiger charge is -2.15. The minimum absolute atomic E-state index is 0.289. The first kappa shape index (κ1) is 17.0. The molecule has 1 aromatic rings. The van der Waals surface area contributed by atoms with E-state index in [1.54, 1.807) is 13.0 Å². The summed E-state index contributed by atoms with van der Waals surface area (Å²) in [5.74, 6) is -0.0574. The number of carbonyl (C=O) groups is 1. The standard InChI is InChI=1S/C17H24N2O2/c1-4-6-7-13(5-2)11-21-17(20)15-9-14(10-18)8-12(3)16(15)19/h8-9,13H,4-7,11,19H2,1-3H3. The Morgan fingerprint density at radius 2 is 2.14 bits per heavy atom. The van der Waals surface area contributed by atoms with Gasteiger partial charge in [0.15, 0.2) is 0 Å². The number of rotatable bonds is 7. The zero-order valence-corrected chi connectivity index (χ0v) is 13.1. The maximum absolute atomic E-state index is 12.2. The molecule has 0 aliphatic carbocycles. The third-order valence-electron chi connectivity index (χ3n) is 3.73. The fourth-order valence-corrected chi connectivity index (χ4v) is 2.20. The van der Waals surface area contributed by atoms with Crippen LogP contribution in [0.25, 0.3) is 0 Å². The van der Waals surface area contributed by atoms with Crippen molar-refractivity contribution < 1.29 is 9.53 Å². The Kier molecular flexibility index (Phi) is 6.74. The summed E-state index contributed by atoms with van der Waals surface area (Å²) in [5, 5.41) is 8.97. The van der Waals surface area contributed by atoms with Gasteiger partial charge in [0.1, 0.15) is 0 Å². The van der Waals surface area contributed by atoms with E-state index >= 15 is 0 Å². The van der Waals surface area contributed by atoms with Crippen molar-refractivity contribution >= 4 is 11.7 Å². The molecule has 0 fully saturated rings. The van der Waals surface area contributed by atoms with Crippen molar-refractivity contribution in [3.8, 4) is 6.07 Å². The van der Waals surface area contributed by atoms with E-state index in [0.717, 1.165) is 31.2 Å². The van der Waals surface area contributed by atoms with Gasteiger partial charge in [0.25, 0.3) is 0 Å². The first-order chi connectivity index (χ1) is 10.0. The molecule has 0 saturated heterocycles. The largest absolute Gasteiger partial charge is 0.462 e. The second kappa shape index (κ2) is 8.31. The summed E-state index contributed by atoms with van der Waals surface area (Å²) >= 11 is 0. The van der Waals surface area contributed by atoms with Crippen molar-refractivity contribution in [3.05, 3.63) is 28.8 Å². The van der Waals surface area contributed by atoms with E-state index < -0.39 is 5.97 Å². The van der Waals surface area contributed by atoms with Gasteiger partial charge in [-0.1, -0.05) is 33.1 Å². The molecule has 0 aromatic heterocycles. The Labute approximate surface area is 126 Å². The Morgan fingerprint density at radius 3 is 2.71 bits per heavy atom. The average Bonchev–Trinajstić information content (AvgIpc) is 2.49. The number of hydrogen-bond donors (Lipinski definition) is 1. The van der Waals surface area contributed by atoms with Gasteiger partial charge in [0.05, 0.1) is 23.8 Å². The molecule has 4 nitrogen and oxygen atoms in total. The Hall–Kier alpha value is -2.02. The maximum Gasteiger partial charge on any atom is 0.340 e. The molecule has 114 valence electrons. The number of nitrogens with two attached hydrogens (primary N) is 1. The van der Waals surface area contributed by atoms with Crippen LogP contribution in [0.2, 0.25) is 0 Å². The minimum atomic E-state index is -0.442. The molecule has 1 atom stereocenters. The highest BCUT2D eigenvalue weighted by molar-refractivity contribution is 5.96. The maximum atomic E-state index is 12.2. The number of nitriles is 1. The fourth-order valence-electron chi connectivity index (χ4n) is 2.20. The van der Waals surface area contributed by atoms with Crippen LogP contribution in [0.15, 0.2) is 12.1 Å². The number of anilines is 1. The Bertz CT molecular complexity index is 532. The molecule has 1 aromatic carbocycles. The quantitative estimate of drug-likeness (QED) is 0.611. The van der Waals surface area contributed by atoms with E-state index in [2.05, 4.69) is 13.8 Å². The molecule has 1 unspecified atom stereocenters. The molecule has 0 aliphatic heterocycles. The molecule has 4 heteroatoms. The van der Waals surface area contributed by atoms with Gasteiger partial charge in [-0.3, -0.25) is 0 Å². The molecule has 0 radical (unpaired) electrons. The molecular weight excluding hydrogens is 264 g/mol. The topological polar surface area (TPSA) is 76.1 Å². The number of nitrogens with zero attached hydrogens (tertiary/aromatic N) is 1. The molecule has 1 rings (SSSR count). The fraction of sp³-hybridized carbons (Fsp3) is 0.529. The zero-order chi connectivity index (χ0) is 15.8. The average molecular weight is 288 g/mol. The molecule has 0 bridgehead atoms. The van der Waals surface area contributed by atoms with Crippen molar-refractivity contribution in [2.24, 2.45) is 5.92 Å². The molecule has 0 spiro atoms. The predicted molar refractivity (Wildman–Crippen MR) is 83.9 cm³/mol. The highest BCUT2D eigenvalue weighted by atomic mass is 16.5. The number of ether oxygens (including phenoxy) is 1. The summed E-state index contributed by atoms with van der Waals surface area (Å²) in [6, 6.07) is 5.20. The number of hydrogen-bond acceptors (Lipinski definition) is 4. The number of nitrogen functional groups attached to an aromatic ring is 1. The summed E-state index contributed by atoms with van der Waals surface area (Å²) < 4.78 is 5.39. The van der Waals surface area contributed by atoms with E-state index in [1.165, 1.54) is 6.07 Å². The second-order valence-electron chi connectivity index (χ2n) is 5.38. The monoisotopic (exact) mass is 288 g/mol. The molecule has 0 aliphatic rings. The second-order valence-corrected chi connectivity index (χ2v) is 5.38. The van der Waals surface area contributed by atoms with Gasteiger partial charge in [-0.05, 0) is 37.0 Å². The molecule has 0 amide bonds. The van der Waals surface area contributed by atoms with Gasteiger partial charge >= 0.3 is 5.97 Å². The third kappa shape index (κ3) is 4.78. The van der Waals surface area contributed by atoms with Crippen LogP contribution in [-0.4, -0.2) is 12.6 Å². The summed E-state index contributed by atoms with van der Waals surface area (Å²) in [4.78, 5) is 12.2. The molecule has 0 saturated carbocycles. The van der Waals surface area contributed by atoms with Gasteiger partial charge in [-0.25, -0.2) is 4.79 Å². The number of aryl methyl sites for hydroxylation is 1. The molecule has 21 heavy (non-hydrogen) atoms. The zero-order valence-electron chi connectivity index (χ0n) is 13.1. The highest BCUT2D eigenvalue weighted by Crippen LogP contribution is 2.21. The van der Waals surface area contributed by atoms with Crippen LogP contribution in [-0.2, 0) is 4.74 Å². The number of carbonyl (C=O) groups excluding carboxylic acids is 1. The smallest absolute Gasteiger partial charge is 0.340 e. The van der Waals surface area contributed by atoms with Gasteiger partial charge < -0.3 is 10.5 Å². The normalized spacial score (nSPS) is 11.7. The molecular formula is C17H24N2O2. The van der Waals surface area contributed by atoms with Gasteiger partial charge in [0, 0.05) is 5.69 Å². The highest BCUT2D eigenvalue weighted by Gasteiger charge is 2.16. The summed E-state index contributed by atoms with van der Waals surface area (Å²) in [6.07, 6.45) is 4.33. The van der Waals surface area contributed by atoms with E-state index in [-0.39, 0.29) is 5.56 Å². The van der Waals surface area contributed by atoms with Gasteiger partial charge in [0.2, 0.25) is 0 Å². The lowest BCUT2D eigenvalue weighted by molar-refractivity contribution is 0.0429. The van der Waals surface area contributed by atoms with Crippen molar-refractivity contribution in [1.82, 2.24) is 0 Å². The first-order valence-electron chi connectivity index (χ1n) is 7.50. The summed E-state index contributed by atoms with van der Waals surface area (Å²) in [7, 11) is 0. The van der Waals surface area contributed by atoms with E-state index in [4.69, 9.17) is 15.7 Å². The van der Waals surface area contributed by atoms with Gasteiger partial charge in [-0.15, -0.1) is 0 Å². The number of unbranched alkanes of at least 4 members (excludes halogenated alkanes) is 1. The van der Waals surface area contributed by atoms with Crippen LogP contribution in [0, 0.1) is 24.2 Å². The van der Waals surface area contributed by atoms with Crippen LogP contribution in [0.4, 0.5) is 5.69 Å². The molecule has 0 heterocycles. The predicted octanol–water partition coefficient (Wildman–Crippen LogP) is 3.82. The van der Waals surface area contributed by atoms with Crippen LogP contribution in [0.3, 0.4) is 0 Å². The van der Waals surface area contributed by atoms with E-state index in [0.29, 0.717) is 23.8 Å². The van der Waals surface area contributed by atoms with Crippen molar-refractivity contribution in [3.63, 3.8) is 0 Å². The Balaban J connectivity index is 2.76.